The molecule has 3 aromatic rings. The van der Waals surface area contributed by atoms with Crippen LogP contribution in [-0.2, 0) is 10.0 Å². The molecule has 6 heteroatoms. The maximum atomic E-state index is 12.7. The van der Waals surface area contributed by atoms with Gasteiger partial charge < -0.3 is 4.74 Å². The van der Waals surface area contributed by atoms with Crippen LogP contribution in [0.3, 0.4) is 0 Å². The van der Waals surface area contributed by atoms with Crippen LogP contribution in [-0.4, -0.2) is 15.5 Å². The monoisotopic (exact) mass is 364 g/mol. The van der Waals surface area contributed by atoms with Crippen LogP contribution in [0, 0.1) is 11.3 Å². The van der Waals surface area contributed by atoms with E-state index in [0.29, 0.717) is 22.6 Å². The number of nitriles is 1. The minimum Gasteiger partial charge on any atom is -0.497 e. The molecule has 0 aliphatic carbocycles. The van der Waals surface area contributed by atoms with Crippen molar-refractivity contribution in [2.75, 3.05) is 11.8 Å². The lowest BCUT2D eigenvalue weighted by molar-refractivity contribution is 0.414. The first-order valence-corrected chi connectivity index (χ1v) is 9.28. The van der Waals surface area contributed by atoms with Gasteiger partial charge in [-0.2, -0.15) is 5.26 Å². The van der Waals surface area contributed by atoms with Crippen molar-refractivity contribution in [3.8, 4) is 22.9 Å². The van der Waals surface area contributed by atoms with Gasteiger partial charge in [0.15, 0.2) is 0 Å². The lowest BCUT2D eigenvalue weighted by Gasteiger charge is -2.13. The zero-order chi connectivity index (χ0) is 18.6. The molecule has 0 saturated carbocycles. The lowest BCUT2D eigenvalue weighted by Crippen LogP contribution is -2.13. The van der Waals surface area contributed by atoms with Gasteiger partial charge in [0.25, 0.3) is 10.0 Å². The van der Waals surface area contributed by atoms with E-state index in [4.69, 9.17) is 10.00 Å². The van der Waals surface area contributed by atoms with Crippen LogP contribution >= 0.6 is 0 Å². The normalized spacial score (nSPS) is 10.8. The number of hydrogen-bond donors (Lipinski definition) is 1. The zero-order valence-corrected chi connectivity index (χ0v) is 14.8. The van der Waals surface area contributed by atoms with Crippen molar-refractivity contribution >= 4 is 15.7 Å². The van der Waals surface area contributed by atoms with E-state index in [0.717, 1.165) is 5.56 Å². The topological polar surface area (TPSA) is 79.2 Å². The van der Waals surface area contributed by atoms with Gasteiger partial charge in [-0.1, -0.05) is 30.3 Å². The van der Waals surface area contributed by atoms with E-state index >= 15 is 0 Å². The molecule has 0 unspecified atom stereocenters. The summed E-state index contributed by atoms with van der Waals surface area (Å²) in [6.45, 7) is 0. The quantitative estimate of drug-likeness (QED) is 0.741. The fraction of sp³-hybridized carbons (Fsp3) is 0.0500. The Labute approximate surface area is 152 Å². The molecule has 130 valence electrons. The van der Waals surface area contributed by atoms with Crippen molar-refractivity contribution < 1.29 is 13.2 Å². The molecule has 3 aromatic carbocycles. The van der Waals surface area contributed by atoms with Gasteiger partial charge in [-0.05, 0) is 48.0 Å². The molecule has 0 bridgehead atoms. The molecule has 1 N–H and O–H groups in total. The predicted molar refractivity (Wildman–Crippen MR) is 100 cm³/mol. The summed E-state index contributed by atoms with van der Waals surface area (Å²) in [5.74, 6) is 0.581. The molecule has 0 aliphatic heterocycles. The minimum absolute atomic E-state index is 0.138. The number of nitrogens with one attached hydrogen (secondary N) is 1. The van der Waals surface area contributed by atoms with Crippen LogP contribution in [0.15, 0.2) is 77.7 Å². The van der Waals surface area contributed by atoms with Gasteiger partial charge in [-0.25, -0.2) is 8.42 Å². The molecule has 0 atom stereocenters. The first-order chi connectivity index (χ1) is 12.5. The van der Waals surface area contributed by atoms with Gasteiger partial charge in [-0.15, -0.1) is 0 Å². The molecule has 0 amide bonds. The molecule has 0 spiro atoms. The number of sulfonamides is 1. The van der Waals surface area contributed by atoms with Crippen molar-refractivity contribution in [2.24, 2.45) is 0 Å². The van der Waals surface area contributed by atoms with E-state index in [1.165, 1.54) is 19.2 Å². The zero-order valence-electron chi connectivity index (χ0n) is 14.0. The molecule has 0 saturated heterocycles. The van der Waals surface area contributed by atoms with E-state index in [-0.39, 0.29) is 4.90 Å². The highest BCUT2D eigenvalue weighted by molar-refractivity contribution is 7.92. The SMILES string of the molecule is COc1ccc(S(=O)(=O)Nc2ccccc2-c2cccc(C#N)c2)cc1. The summed E-state index contributed by atoms with van der Waals surface area (Å²) in [5.41, 5.74) is 2.41. The number of anilines is 1. The summed E-state index contributed by atoms with van der Waals surface area (Å²) >= 11 is 0. The smallest absolute Gasteiger partial charge is 0.261 e. The third-order valence-corrected chi connectivity index (χ3v) is 5.23. The number of para-hydroxylation sites is 1. The second-order valence-corrected chi connectivity index (χ2v) is 7.20. The molecule has 0 fully saturated rings. The Bertz CT molecular complexity index is 1070. The highest BCUT2D eigenvalue weighted by Crippen LogP contribution is 2.30. The summed E-state index contributed by atoms with van der Waals surface area (Å²) < 4.78 is 33.1. The Morgan fingerprint density at radius 1 is 0.962 bits per heavy atom. The molecule has 0 aliphatic rings. The summed E-state index contributed by atoms with van der Waals surface area (Å²) in [6, 6.07) is 22.3. The van der Waals surface area contributed by atoms with Crippen molar-refractivity contribution in [3.63, 3.8) is 0 Å². The molecule has 0 heterocycles. The van der Waals surface area contributed by atoms with Gasteiger partial charge >= 0.3 is 0 Å². The Morgan fingerprint density at radius 2 is 1.69 bits per heavy atom. The lowest BCUT2D eigenvalue weighted by atomic mass is 10.0. The Morgan fingerprint density at radius 3 is 2.38 bits per heavy atom. The molecule has 0 radical (unpaired) electrons. The van der Waals surface area contributed by atoms with Crippen LogP contribution in [0.5, 0.6) is 5.75 Å². The Hall–Kier alpha value is -3.30. The fourth-order valence-electron chi connectivity index (χ4n) is 2.54. The molecular weight excluding hydrogens is 348 g/mol. The second-order valence-electron chi connectivity index (χ2n) is 5.52. The van der Waals surface area contributed by atoms with Crippen LogP contribution in [0.4, 0.5) is 5.69 Å². The molecule has 26 heavy (non-hydrogen) atoms. The molecule has 5 nitrogen and oxygen atoms in total. The summed E-state index contributed by atoms with van der Waals surface area (Å²) in [6.07, 6.45) is 0. The van der Waals surface area contributed by atoms with E-state index < -0.39 is 10.0 Å². The minimum atomic E-state index is -3.76. The number of nitrogens with zero attached hydrogens (tertiary/aromatic N) is 1. The number of hydrogen-bond acceptors (Lipinski definition) is 4. The van der Waals surface area contributed by atoms with Gasteiger partial charge in [0.1, 0.15) is 5.75 Å². The maximum Gasteiger partial charge on any atom is 0.261 e. The van der Waals surface area contributed by atoms with Crippen molar-refractivity contribution in [1.82, 2.24) is 0 Å². The van der Waals surface area contributed by atoms with E-state index in [9.17, 15) is 8.42 Å². The fourth-order valence-corrected chi connectivity index (χ4v) is 3.62. The van der Waals surface area contributed by atoms with Gasteiger partial charge in [0.05, 0.1) is 29.3 Å². The van der Waals surface area contributed by atoms with Crippen LogP contribution in [0.25, 0.3) is 11.1 Å². The average molecular weight is 364 g/mol. The van der Waals surface area contributed by atoms with E-state index in [2.05, 4.69) is 10.8 Å². The Kier molecular flexibility index (Phi) is 4.92. The highest BCUT2D eigenvalue weighted by Gasteiger charge is 2.16. The number of ether oxygens (including phenoxy) is 1. The summed E-state index contributed by atoms with van der Waals surface area (Å²) in [5, 5.41) is 9.08. The Balaban J connectivity index is 1.98. The first kappa shape index (κ1) is 17.5. The third-order valence-electron chi connectivity index (χ3n) is 3.84. The molecule has 3 rings (SSSR count). The number of methoxy groups -OCH3 is 1. The van der Waals surface area contributed by atoms with Crippen LogP contribution < -0.4 is 9.46 Å². The third kappa shape index (κ3) is 3.68. The molecular formula is C20H16N2O3S. The van der Waals surface area contributed by atoms with Crippen molar-refractivity contribution in [2.45, 2.75) is 4.90 Å². The van der Waals surface area contributed by atoms with E-state index in [1.54, 1.807) is 42.5 Å². The van der Waals surface area contributed by atoms with Gasteiger partial charge in [0.2, 0.25) is 0 Å². The summed E-state index contributed by atoms with van der Waals surface area (Å²) in [7, 11) is -2.23. The largest absolute Gasteiger partial charge is 0.497 e. The predicted octanol–water partition coefficient (Wildman–Crippen LogP) is 4.03. The molecule has 0 aromatic heterocycles. The van der Waals surface area contributed by atoms with Crippen LogP contribution in [0.2, 0.25) is 0 Å². The highest BCUT2D eigenvalue weighted by atomic mass is 32.2. The van der Waals surface area contributed by atoms with Crippen molar-refractivity contribution in [1.29, 1.82) is 5.26 Å². The van der Waals surface area contributed by atoms with Gasteiger partial charge in [0, 0.05) is 5.56 Å². The first-order valence-electron chi connectivity index (χ1n) is 7.80. The second kappa shape index (κ2) is 7.30. The van der Waals surface area contributed by atoms with Gasteiger partial charge in [-0.3, -0.25) is 4.72 Å². The summed E-state index contributed by atoms with van der Waals surface area (Å²) in [4.78, 5) is 0.138. The number of benzene rings is 3. The average Bonchev–Trinajstić information content (AvgIpc) is 2.68. The van der Waals surface area contributed by atoms with Crippen LogP contribution in [0.1, 0.15) is 5.56 Å². The standard InChI is InChI=1S/C20H16N2O3S/c1-25-17-9-11-18(12-10-17)26(23,24)22-20-8-3-2-7-19(20)16-6-4-5-15(13-16)14-21/h2-13,22H,1H3. The van der Waals surface area contributed by atoms with Crippen molar-refractivity contribution in [3.05, 3.63) is 78.4 Å². The van der Waals surface area contributed by atoms with E-state index in [1.807, 2.05) is 18.2 Å². The number of rotatable bonds is 5. The maximum absolute atomic E-state index is 12.7.